The van der Waals surface area contributed by atoms with Gasteiger partial charge in [0.25, 0.3) is 10.0 Å². The molecule has 3 aromatic carbocycles. The molecule has 0 heterocycles. The zero-order valence-electron chi connectivity index (χ0n) is 23.4. The highest BCUT2D eigenvalue weighted by atomic mass is 32.2. The summed E-state index contributed by atoms with van der Waals surface area (Å²) in [4.78, 5) is 28.7. The molecule has 0 spiro atoms. The van der Waals surface area contributed by atoms with E-state index in [9.17, 15) is 18.0 Å². The van der Waals surface area contributed by atoms with Crippen LogP contribution in [-0.2, 0) is 26.0 Å². The lowest BCUT2D eigenvalue weighted by Gasteiger charge is -2.33. The number of hydrogen-bond acceptors (Lipinski definition) is 4. The van der Waals surface area contributed by atoms with Crippen molar-refractivity contribution in [3.05, 3.63) is 95.6 Å². The number of anilines is 1. The molecule has 3 rings (SSSR count). The van der Waals surface area contributed by atoms with Gasteiger partial charge in [-0.15, -0.1) is 0 Å². The molecule has 0 fully saturated rings. The predicted octanol–water partition coefficient (Wildman–Crippen LogP) is 4.87. The van der Waals surface area contributed by atoms with Crippen molar-refractivity contribution in [1.82, 2.24) is 10.2 Å². The van der Waals surface area contributed by atoms with Crippen LogP contribution in [0.3, 0.4) is 0 Å². The first-order chi connectivity index (χ1) is 18.5. The fourth-order valence-corrected chi connectivity index (χ4v) is 5.75. The summed E-state index contributed by atoms with van der Waals surface area (Å²) >= 11 is 0. The number of carbonyl (C=O) groups is 2. The number of nitrogens with zero attached hydrogens (tertiary/aromatic N) is 2. The van der Waals surface area contributed by atoms with Crippen molar-refractivity contribution in [1.29, 1.82) is 0 Å². The van der Waals surface area contributed by atoms with Gasteiger partial charge in [0.05, 0.1) is 10.6 Å². The normalized spacial score (nSPS) is 12.8. The van der Waals surface area contributed by atoms with Gasteiger partial charge in [0.2, 0.25) is 11.8 Å². The zero-order chi connectivity index (χ0) is 28.6. The fraction of sp³-hybridized carbons (Fsp3) is 0.355. The number of rotatable bonds is 12. The maximum Gasteiger partial charge on any atom is 0.264 e. The SMILES string of the molecule is CCC(C)NC(=O)C(C)N(CCc1ccccc1)C(=O)CN(c1cc(C)ccc1C)S(=O)(=O)c1ccccc1. The highest BCUT2D eigenvalue weighted by molar-refractivity contribution is 7.92. The average Bonchev–Trinajstić information content (AvgIpc) is 2.94. The summed E-state index contributed by atoms with van der Waals surface area (Å²) in [5.41, 5.74) is 3.06. The third-order valence-electron chi connectivity index (χ3n) is 6.90. The molecular formula is C31H39N3O4S. The molecule has 0 aromatic heterocycles. The van der Waals surface area contributed by atoms with E-state index in [-0.39, 0.29) is 23.4 Å². The van der Waals surface area contributed by atoms with Crippen LogP contribution >= 0.6 is 0 Å². The van der Waals surface area contributed by atoms with E-state index in [0.717, 1.165) is 23.1 Å². The van der Waals surface area contributed by atoms with E-state index in [1.807, 2.05) is 70.2 Å². The molecule has 0 saturated carbocycles. The van der Waals surface area contributed by atoms with Crippen molar-refractivity contribution >= 4 is 27.5 Å². The maximum absolute atomic E-state index is 14.0. The molecule has 8 heteroatoms. The fourth-order valence-electron chi connectivity index (χ4n) is 4.26. The van der Waals surface area contributed by atoms with E-state index in [0.29, 0.717) is 12.1 Å². The second-order valence-electron chi connectivity index (χ2n) is 9.93. The number of carbonyl (C=O) groups excluding carboxylic acids is 2. The Hall–Kier alpha value is -3.65. The summed E-state index contributed by atoms with van der Waals surface area (Å²) in [6, 6.07) is 22.5. The van der Waals surface area contributed by atoms with E-state index in [1.165, 1.54) is 21.3 Å². The molecule has 3 aromatic rings. The second kappa shape index (κ2) is 13.4. The van der Waals surface area contributed by atoms with Crippen LogP contribution in [0.5, 0.6) is 0 Å². The Morgan fingerprint density at radius 1 is 0.897 bits per heavy atom. The number of nitrogens with one attached hydrogen (secondary N) is 1. The lowest BCUT2D eigenvalue weighted by molar-refractivity contribution is -0.139. The molecule has 0 aliphatic rings. The summed E-state index contributed by atoms with van der Waals surface area (Å²) in [5, 5.41) is 2.96. The summed E-state index contributed by atoms with van der Waals surface area (Å²) in [7, 11) is -4.07. The Morgan fingerprint density at radius 2 is 1.51 bits per heavy atom. The Bertz CT molecular complexity index is 1360. The van der Waals surface area contributed by atoms with Crippen molar-refractivity contribution in [2.24, 2.45) is 0 Å². The van der Waals surface area contributed by atoms with E-state index >= 15 is 0 Å². The minimum Gasteiger partial charge on any atom is -0.352 e. The highest BCUT2D eigenvalue weighted by Gasteiger charge is 2.33. The number of sulfonamides is 1. The number of benzene rings is 3. The minimum atomic E-state index is -4.07. The molecule has 0 aliphatic heterocycles. The van der Waals surface area contributed by atoms with E-state index < -0.39 is 28.5 Å². The van der Waals surface area contributed by atoms with Gasteiger partial charge in [0, 0.05) is 12.6 Å². The van der Waals surface area contributed by atoms with Gasteiger partial charge < -0.3 is 10.2 Å². The van der Waals surface area contributed by atoms with Gasteiger partial charge in [-0.25, -0.2) is 8.42 Å². The van der Waals surface area contributed by atoms with Crippen molar-refractivity contribution < 1.29 is 18.0 Å². The maximum atomic E-state index is 14.0. The Morgan fingerprint density at radius 3 is 2.13 bits per heavy atom. The summed E-state index contributed by atoms with van der Waals surface area (Å²) in [5.74, 6) is -0.715. The van der Waals surface area contributed by atoms with Gasteiger partial charge >= 0.3 is 0 Å². The summed E-state index contributed by atoms with van der Waals surface area (Å²) in [6.07, 6.45) is 1.29. The van der Waals surface area contributed by atoms with Crippen LogP contribution in [0.4, 0.5) is 5.69 Å². The van der Waals surface area contributed by atoms with Crippen molar-refractivity contribution in [3.63, 3.8) is 0 Å². The minimum absolute atomic E-state index is 0.0454. The summed E-state index contributed by atoms with van der Waals surface area (Å²) < 4.78 is 29.0. The van der Waals surface area contributed by atoms with Crippen LogP contribution in [0.15, 0.2) is 83.8 Å². The van der Waals surface area contributed by atoms with Gasteiger partial charge in [-0.2, -0.15) is 0 Å². The smallest absolute Gasteiger partial charge is 0.264 e. The lowest BCUT2D eigenvalue weighted by Crippen LogP contribution is -2.53. The number of hydrogen-bond donors (Lipinski definition) is 1. The monoisotopic (exact) mass is 549 g/mol. The largest absolute Gasteiger partial charge is 0.352 e. The Labute approximate surface area is 232 Å². The molecule has 0 bridgehead atoms. The molecule has 0 radical (unpaired) electrons. The first kappa shape index (κ1) is 29.9. The van der Waals surface area contributed by atoms with Gasteiger partial charge in [-0.1, -0.05) is 67.6 Å². The highest BCUT2D eigenvalue weighted by Crippen LogP contribution is 2.28. The van der Waals surface area contributed by atoms with Crippen LogP contribution in [0.2, 0.25) is 0 Å². The quantitative estimate of drug-likeness (QED) is 0.349. The lowest BCUT2D eigenvalue weighted by atomic mass is 10.1. The second-order valence-corrected chi connectivity index (χ2v) is 11.8. The van der Waals surface area contributed by atoms with Crippen LogP contribution in [0.25, 0.3) is 0 Å². The molecule has 39 heavy (non-hydrogen) atoms. The van der Waals surface area contributed by atoms with Crippen molar-refractivity contribution in [2.45, 2.75) is 64.4 Å². The van der Waals surface area contributed by atoms with E-state index in [2.05, 4.69) is 5.32 Å². The average molecular weight is 550 g/mol. The van der Waals surface area contributed by atoms with Gasteiger partial charge in [-0.05, 0) is 75.4 Å². The van der Waals surface area contributed by atoms with Crippen LogP contribution < -0.4 is 9.62 Å². The third kappa shape index (κ3) is 7.69. The molecule has 2 atom stereocenters. The molecule has 2 amide bonds. The predicted molar refractivity (Wildman–Crippen MR) is 156 cm³/mol. The number of aryl methyl sites for hydroxylation is 2. The van der Waals surface area contributed by atoms with E-state index in [4.69, 9.17) is 0 Å². The van der Waals surface area contributed by atoms with Crippen LogP contribution in [0, 0.1) is 13.8 Å². The zero-order valence-corrected chi connectivity index (χ0v) is 24.2. The first-order valence-corrected chi connectivity index (χ1v) is 14.8. The molecule has 0 aliphatic carbocycles. The first-order valence-electron chi connectivity index (χ1n) is 13.3. The van der Waals surface area contributed by atoms with E-state index in [1.54, 1.807) is 31.2 Å². The van der Waals surface area contributed by atoms with Crippen LogP contribution in [0.1, 0.15) is 43.9 Å². The number of amides is 2. The van der Waals surface area contributed by atoms with Gasteiger partial charge in [-0.3, -0.25) is 13.9 Å². The van der Waals surface area contributed by atoms with Crippen molar-refractivity contribution in [2.75, 3.05) is 17.4 Å². The Kier molecular flexibility index (Phi) is 10.3. The third-order valence-corrected chi connectivity index (χ3v) is 8.67. The standard InChI is InChI=1S/C31H39N3O4S/c1-6-25(4)32-31(36)26(5)33(20-19-27-13-9-7-10-14-27)30(35)22-34(29-21-23(2)17-18-24(29)3)39(37,38)28-15-11-8-12-16-28/h7-18,21,25-26H,6,19-20,22H2,1-5H3,(H,32,36). The van der Waals surface area contributed by atoms with Gasteiger partial charge in [0.15, 0.2) is 0 Å². The molecular weight excluding hydrogens is 510 g/mol. The molecule has 7 nitrogen and oxygen atoms in total. The molecule has 208 valence electrons. The van der Waals surface area contributed by atoms with Crippen LogP contribution in [-0.4, -0.2) is 50.3 Å². The Balaban J connectivity index is 2.00. The summed E-state index contributed by atoms with van der Waals surface area (Å²) in [6.45, 7) is 9.11. The van der Waals surface area contributed by atoms with Gasteiger partial charge in [0.1, 0.15) is 12.6 Å². The molecule has 2 unspecified atom stereocenters. The molecule has 1 N–H and O–H groups in total. The van der Waals surface area contributed by atoms with Crippen molar-refractivity contribution in [3.8, 4) is 0 Å². The topological polar surface area (TPSA) is 86.8 Å². The molecule has 0 saturated heterocycles.